The fraction of sp³-hybridized carbons (Fsp3) is 0.214. The first-order valence-electron chi connectivity index (χ1n) is 6.25. The minimum atomic E-state index is 0.395. The van der Waals surface area contributed by atoms with E-state index in [4.69, 9.17) is 9.47 Å². The summed E-state index contributed by atoms with van der Waals surface area (Å²) in [6, 6.07) is 7.91. The van der Waals surface area contributed by atoms with Crippen molar-refractivity contribution < 1.29 is 9.47 Å². The minimum Gasteiger partial charge on any atom is -0.489 e. The third-order valence-corrected chi connectivity index (χ3v) is 3.60. The lowest BCUT2D eigenvalue weighted by Gasteiger charge is -2.12. The van der Waals surface area contributed by atoms with Crippen molar-refractivity contribution in [3.05, 3.63) is 30.5 Å². The van der Waals surface area contributed by atoms with Crippen LogP contribution in [0.5, 0.6) is 11.6 Å². The third-order valence-electron chi connectivity index (χ3n) is 3.05. The Kier molecular flexibility index (Phi) is 3.66. The molecular weight excluding hydrogens is 288 g/mol. The van der Waals surface area contributed by atoms with Gasteiger partial charge in [-0.15, -0.1) is 0 Å². The van der Waals surface area contributed by atoms with E-state index in [1.807, 2.05) is 30.5 Å². The molecule has 1 aromatic carbocycles. The predicted molar refractivity (Wildman–Crippen MR) is 81.5 cm³/mol. The molecule has 0 fully saturated rings. The van der Waals surface area contributed by atoms with Gasteiger partial charge in [0.25, 0.3) is 5.88 Å². The molecule has 3 aromatic rings. The van der Waals surface area contributed by atoms with Crippen molar-refractivity contribution in [2.24, 2.45) is 0 Å². The highest BCUT2D eigenvalue weighted by Gasteiger charge is 2.19. The van der Waals surface area contributed by atoms with Gasteiger partial charge in [-0.3, -0.25) is 0 Å². The second-order valence-corrected chi connectivity index (χ2v) is 4.97. The molecule has 0 aliphatic heterocycles. The lowest BCUT2D eigenvalue weighted by Crippen LogP contribution is -2.07. The summed E-state index contributed by atoms with van der Waals surface area (Å²) in [4.78, 5) is 8.81. The van der Waals surface area contributed by atoms with Crippen LogP contribution in [0, 0.1) is 0 Å². The molecule has 108 valence electrons. The standard InChI is InChI=1S/C14H14N4O2S/c1-19-11-12(16-14(21-3)17-13(11)20-2)18-10-7-5-4-6-9(10)8-15-18/h4-8H,1-3H3. The zero-order valence-corrected chi connectivity index (χ0v) is 12.7. The molecule has 0 saturated heterocycles. The number of fused-ring (bicyclic) bond motifs is 1. The van der Waals surface area contributed by atoms with Crippen molar-refractivity contribution in [1.29, 1.82) is 0 Å². The Balaban J connectivity index is 2.30. The van der Waals surface area contributed by atoms with Crippen LogP contribution in [0.15, 0.2) is 35.6 Å². The van der Waals surface area contributed by atoms with E-state index in [0.29, 0.717) is 22.6 Å². The average molecular weight is 302 g/mol. The van der Waals surface area contributed by atoms with E-state index in [-0.39, 0.29) is 0 Å². The number of thioether (sulfide) groups is 1. The van der Waals surface area contributed by atoms with Crippen LogP contribution < -0.4 is 9.47 Å². The molecule has 0 N–H and O–H groups in total. The van der Waals surface area contributed by atoms with Gasteiger partial charge in [0.15, 0.2) is 5.16 Å². The molecule has 0 spiro atoms. The highest BCUT2D eigenvalue weighted by atomic mass is 32.2. The van der Waals surface area contributed by atoms with Crippen LogP contribution in [0.1, 0.15) is 0 Å². The second kappa shape index (κ2) is 5.61. The maximum Gasteiger partial charge on any atom is 0.263 e. The van der Waals surface area contributed by atoms with E-state index >= 15 is 0 Å². The number of benzene rings is 1. The van der Waals surface area contributed by atoms with Gasteiger partial charge < -0.3 is 9.47 Å². The molecule has 0 amide bonds. The van der Waals surface area contributed by atoms with Crippen LogP contribution in [0.3, 0.4) is 0 Å². The van der Waals surface area contributed by atoms with Gasteiger partial charge in [-0.25, -0.2) is 4.68 Å². The molecule has 0 aliphatic carbocycles. The summed E-state index contributed by atoms with van der Waals surface area (Å²) < 4.78 is 12.5. The van der Waals surface area contributed by atoms with Crippen LogP contribution in [-0.4, -0.2) is 40.2 Å². The van der Waals surface area contributed by atoms with Gasteiger partial charge in [0.1, 0.15) is 0 Å². The summed E-state index contributed by atoms with van der Waals surface area (Å²) in [7, 11) is 3.12. The molecule has 0 radical (unpaired) electrons. The van der Waals surface area contributed by atoms with Gasteiger partial charge >= 0.3 is 0 Å². The Morgan fingerprint density at radius 2 is 1.90 bits per heavy atom. The summed E-state index contributed by atoms with van der Waals surface area (Å²) >= 11 is 1.44. The van der Waals surface area contributed by atoms with E-state index in [1.165, 1.54) is 11.8 Å². The fourth-order valence-electron chi connectivity index (χ4n) is 2.09. The molecule has 21 heavy (non-hydrogen) atoms. The molecule has 0 bridgehead atoms. The van der Waals surface area contributed by atoms with Gasteiger partial charge in [0, 0.05) is 5.39 Å². The van der Waals surface area contributed by atoms with Crippen LogP contribution in [-0.2, 0) is 0 Å². The fourth-order valence-corrected chi connectivity index (χ4v) is 2.44. The van der Waals surface area contributed by atoms with Crippen molar-refractivity contribution in [2.45, 2.75) is 5.16 Å². The third kappa shape index (κ3) is 2.29. The number of para-hydroxylation sites is 1. The van der Waals surface area contributed by atoms with Crippen LogP contribution in [0.4, 0.5) is 0 Å². The van der Waals surface area contributed by atoms with Crippen LogP contribution in [0.25, 0.3) is 16.7 Å². The normalized spacial score (nSPS) is 10.8. The Labute approximate surface area is 126 Å². The van der Waals surface area contributed by atoms with Gasteiger partial charge in [-0.1, -0.05) is 30.0 Å². The molecule has 2 aromatic heterocycles. The van der Waals surface area contributed by atoms with E-state index in [9.17, 15) is 0 Å². The molecule has 3 rings (SSSR count). The number of nitrogens with zero attached hydrogens (tertiary/aromatic N) is 4. The number of methoxy groups -OCH3 is 2. The quantitative estimate of drug-likeness (QED) is 0.545. The Morgan fingerprint density at radius 1 is 1.10 bits per heavy atom. The number of hydrogen-bond donors (Lipinski definition) is 0. The first kappa shape index (κ1) is 13.7. The summed E-state index contributed by atoms with van der Waals surface area (Å²) in [5.41, 5.74) is 0.948. The molecule has 2 heterocycles. The Bertz CT molecular complexity index is 788. The minimum absolute atomic E-state index is 0.395. The SMILES string of the molecule is COc1nc(SC)nc(-n2ncc3ccccc32)c1OC. The Morgan fingerprint density at radius 3 is 2.62 bits per heavy atom. The summed E-state index contributed by atoms with van der Waals surface area (Å²) in [5, 5.41) is 6.04. The summed E-state index contributed by atoms with van der Waals surface area (Å²) in [6.45, 7) is 0. The lowest BCUT2D eigenvalue weighted by molar-refractivity contribution is 0.335. The van der Waals surface area contributed by atoms with Gasteiger partial charge in [0.2, 0.25) is 11.6 Å². The second-order valence-electron chi connectivity index (χ2n) is 4.19. The van der Waals surface area contributed by atoms with Gasteiger partial charge in [-0.2, -0.15) is 15.1 Å². The molecule has 0 saturated carbocycles. The highest BCUT2D eigenvalue weighted by Crippen LogP contribution is 2.33. The number of rotatable bonds is 4. The average Bonchev–Trinajstić information content (AvgIpc) is 2.97. The van der Waals surface area contributed by atoms with E-state index < -0.39 is 0 Å². The molecule has 0 aliphatic rings. The highest BCUT2D eigenvalue weighted by molar-refractivity contribution is 7.98. The summed E-state index contributed by atoms with van der Waals surface area (Å²) in [6.07, 6.45) is 3.70. The molecular formula is C14H14N4O2S. The summed E-state index contributed by atoms with van der Waals surface area (Å²) in [5.74, 6) is 1.42. The van der Waals surface area contributed by atoms with E-state index in [0.717, 1.165) is 10.9 Å². The van der Waals surface area contributed by atoms with Crippen LogP contribution in [0.2, 0.25) is 0 Å². The number of aromatic nitrogens is 4. The smallest absolute Gasteiger partial charge is 0.263 e. The molecule has 6 nitrogen and oxygen atoms in total. The zero-order chi connectivity index (χ0) is 14.8. The van der Waals surface area contributed by atoms with Crippen molar-refractivity contribution in [2.75, 3.05) is 20.5 Å². The maximum atomic E-state index is 5.42. The molecule has 0 atom stereocenters. The largest absolute Gasteiger partial charge is 0.489 e. The molecule has 0 unspecified atom stereocenters. The van der Waals surface area contributed by atoms with Crippen molar-refractivity contribution >= 4 is 22.7 Å². The molecule has 7 heteroatoms. The first-order valence-corrected chi connectivity index (χ1v) is 7.48. The van der Waals surface area contributed by atoms with Crippen molar-refractivity contribution in [3.8, 4) is 17.4 Å². The monoisotopic (exact) mass is 302 g/mol. The van der Waals surface area contributed by atoms with E-state index in [1.54, 1.807) is 25.1 Å². The van der Waals surface area contributed by atoms with Crippen molar-refractivity contribution in [3.63, 3.8) is 0 Å². The number of hydrogen-bond acceptors (Lipinski definition) is 6. The lowest BCUT2D eigenvalue weighted by atomic mass is 10.2. The topological polar surface area (TPSA) is 62.1 Å². The first-order chi connectivity index (χ1) is 10.3. The Hall–Kier alpha value is -2.28. The maximum absolute atomic E-state index is 5.42. The van der Waals surface area contributed by atoms with Gasteiger partial charge in [0.05, 0.1) is 25.9 Å². The number of ether oxygens (including phenoxy) is 2. The van der Waals surface area contributed by atoms with Gasteiger partial charge in [-0.05, 0) is 12.3 Å². The zero-order valence-electron chi connectivity index (χ0n) is 11.9. The van der Waals surface area contributed by atoms with Crippen molar-refractivity contribution in [1.82, 2.24) is 19.7 Å². The van der Waals surface area contributed by atoms with Crippen LogP contribution >= 0.6 is 11.8 Å². The predicted octanol–water partition coefficient (Wildman–Crippen LogP) is 2.55. The van der Waals surface area contributed by atoms with E-state index in [2.05, 4.69) is 15.1 Å².